The molecular formula is C23H24O5S. The van der Waals surface area contributed by atoms with Crippen molar-refractivity contribution in [2.45, 2.75) is 12.5 Å². The molecule has 3 aromatic rings. The Morgan fingerprint density at radius 1 is 0.931 bits per heavy atom. The summed E-state index contributed by atoms with van der Waals surface area (Å²) in [5.41, 5.74) is 1.17. The summed E-state index contributed by atoms with van der Waals surface area (Å²) < 4.78 is 11.0. The molecule has 0 fully saturated rings. The molecule has 0 aliphatic carbocycles. The molecule has 29 heavy (non-hydrogen) atoms. The first-order valence-electron chi connectivity index (χ1n) is 9.42. The standard InChI is InChI=1S/C23H24O5S/c24-18(14-27-19-7-2-1-3-8-19)16-29-13-12-17-6-4-10-21-20(17)9-5-11-22(21)28-15-23(25)26/h1-11,18,24H,12-16H2,(H,25,26)/t18-/m1/s1. The summed E-state index contributed by atoms with van der Waals surface area (Å²) >= 11 is 1.68. The average Bonchev–Trinajstić information content (AvgIpc) is 2.74. The van der Waals surface area contributed by atoms with E-state index in [9.17, 15) is 9.90 Å². The minimum Gasteiger partial charge on any atom is -0.491 e. The molecule has 2 N–H and O–H groups in total. The van der Waals surface area contributed by atoms with Crippen molar-refractivity contribution in [1.29, 1.82) is 0 Å². The molecule has 0 aromatic heterocycles. The summed E-state index contributed by atoms with van der Waals surface area (Å²) in [6, 6.07) is 21.1. The van der Waals surface area contributed by atoms with Crippen molar-refractivity contribution < 1.29 is 24.5 Å². The lowest BCUT2D eigenvalue weighted by Gasteiger charge is -2.13. The van der Waals surface area contributed by atoms with E-state index in [1.165, 1.54) is 5.56 Å². The number of fused-ring (bicyclic) bond motifs is 1. The molecule has 0 amide bonds. The normalized spacial score (nSPS) is 11.9. The van der Waals surface area contributed by atoms with Gasteiger partial charge in [-0.05, 0) is 41.3 Å². The van der Waals surface area contributed by atoms with Gasteiger partial charge in [0.1, 0.15) is 18.1 Å². The number of thioether (sulfide) groups is 1. The Bertz CT molecular complexity index is 929. The Hall–Kier alpha value is -2.70. The zero-order valence-corrected chi connectivity index (χ0v) is 16.8. The quantitative estimate of drug-likeness (QED) is 0.463. The van der Waals surface area contributed by atoms with Gasteiger partial charge in [-0.2, -0.15) is 11.8 Å². The van der Waals surface area contributed by atoms with E-state index in [2.05, 4.69) is 6.07 Å². The van der Waals surface area contributed by atoms with Gasteiger partial charge < -0.3 is 19.7 Å². The van der Waals surface area contributed by atoms with Crippen LogP contribution in [0.3, 0.4) is 0 Å². The van der Waals surface area contributed by atoms with Gasteiger partial charge in [0.15, 0.2) is 6.61 Å². The van der Waals surface area contributed by atoms with Crippen LogP contribution in [0.1, 0.15) is 5.56 Å². The van der Waals surface area contributed by atoms with Gasteiger partial charge in [0.05, 0.1) is 6.10 Å². The fraction of sp³-hybridized carbons (Fsp3) is 0.261. The molecule has 3 aromatic carbocycles. The molecule has 1 atom stereocenters. The molecule has 0 saturated heterocycles. The first-order chi connectivity index (χ1) is 14.1. The number of aliphatic hydroxyl groups excluding tert-OH is 1. The number of aliphatic carboxylic acids is 1. The Balaban J connectivity index is 1.50. The second-order valence-electron chi connectivity index (χ2n) is 6.55. The van der Waals surface area contributed by atoms with E-state index >= 15 is 0 Å². The van der Waals surface area contributed by atoms with Crippen LogP contribution in [0.15, 0.2) is 66.7 Å². The van der Waals surface area contributed by atoms with Crippen LogP contribution in [0.4, 0.5) is 0 Å². The maximum Gasteiger partial charge on any atom is 0.341 e. The number of aliphatic hydroxyl groups is 1. The minimum atomic E-state index is -0.996. The maximum atomic E-state index is 10.8. The predicted octanol–water partition coefficient (Wildman–Crippen LogP) is 4.02. The predicted molar refractivity (Wildman–Crippen MR) is 116 cm³/mol. The molecule has 0 radical (unpaired) electrons. The first kappa shape index (κ1) is 21.0. The van der Waals surface area contributed by atoms with Crippen LogP contribution in [-0.4, -0.2) is 47.0 Å². The van der Waals surface area contributed by atoms with E-state index in [-0.39, 0.29) is 13.2 Å². The Kier molecular flexibility index (Phi) is 7.78. The van der Waals surface area contributed by atoms with Crippen LogP contribution < -0.4 is 9.47 Å². The minimum absolute atomic E-state index is 0.273. The lowest BCUT2D eigenvalue weighted by Crippen LogP contribution is -2.20. The molecule has 3 rings (SSSR count). The van der Waals surface area contributed by atoms with Crippen molar-refractivity contribution >= 4 is 28.5 Å². The fourth-order valence-electron chi connectivity index (χ4n) is 2.99. The number of hydrogen-bond acceptors (Lipinski definition) is 5. The Labute approximate surface area is 174 Å². The summed E-state index contributed by atoms with van der Waals surface area (Å²) in [7, 11) is 0. The van der Waals surface area contributed by atoms with Crippen LogP contribution in [0, 0.1) is 0 Å². The van der Waals surface area contributed by atoms with Gasteiger partial charge >= 0.3 is 5.97 Å². The van der Waals surface area contributed by atoms with Gasteiger partial charge in [0.2, 0.25) is 0 Å². The second kappa shape index (κ2) is 10.7. The molecule has 0 spiro atoms. The first-order valence-corrected chi connectivity index (χ1v) is 10.6. The zero-order valence-electron chi connectivity index (χ0n) is 16.0. The highest BCUT2D eigenvalue weighted by Crippen LogP contribution is 2.28. The Morgan fingerprint density at radius 3 is 2.48 bits per heavy atom. The number of ether oxygens (including phenoxy) is 2. The van der Waals surface area contributed by atoms with E-state index in [1.54, 1.807) is 17.8 Å². The number of rotatable bonds is 11. The fourth-order valence-corrected chi connectivity index (χ4v) is 3.89. The summed E-state index contributed by atoms with van der Waals surface area (Å²) in [6.45, 7) is -0.0856. The lowest BCUT2D eigenvalue weighted by molar-refractivity contribution is -0.139. The summed E-state index contributed by atoms with van der Waals surface area (Å²) in [6.07, 6.45) is 0.320. The smallest absolute Gasteiger partial charge is 0.341 e. The van der Waals surface area contributed by atoms with E-state index in [1.807, 2.05) is 54.6 Å². The van der Waals surface area contributed by atoms with Crippen LogP contribution in [-0.2, 0) is 11.2 Å². The van der Waals surface area contributed by atoms with Crippen LogP contribution in [0.2, 0.25) is 0 Å². The van der Waals surface area contributed by atoms with Gasteiger partial charge in [0, 0.05) is 11.1 Å². The van der Waals surface area contributed by atoms with E-state index in [4.69, 9.17) is 14.6 Å². The molecular weight excluding hydrogens is 388 g/mol. The van der Waals surface area contributed by atoms with Gasteiger partial charge in [-0.1, -0.05) is 48.5 Å². The lowest BCUT2D eigenvalue weighted by atomic mass is 10.0. The Morgan fingerprint density at radius 2 is 1.69 bits per heavy atom. The van der Waals surface area contributed by atoms with Crippen molar-refractivity contribution in [3.63, 3.8) is 0 Å². The highest BCUT2D eigenvalue weighted by molar-refractivity contribution is 7.99. The van der Waals surface area contributed by atoms with Crippen LogP contribution in [0.25, 0.3) is 10.8 Å². The van der Waals surface area contributed by atoms with Gasteiger partial charge in [0.25, 0.3) is 0 Å². The van der Waals surface area contributed by atoms with Crippen LogP contribution >= 0.6 is 11.8 Å². The third-order valence-corrected chi connectivity index (χ3v) is 5.45. The van der Waals surface area contributed by atoms with Crippen molar-refractivity contribution in [3.05, 3.63) is 72.3 Å². The van der Waals surface area contributed by atoms with Crippen molar-refractivity contribution in [2.75, 3.05) is 24.7 Å². The number of carboxylic acids is 1. The third-order valence-electron chi connectivity index (χ3n) is 4.34. The van der Waals surface area contributed by atoms with E-state index < -0.39 is 12.1 Å². The SMILES string of the molecule is O=C(O)COc1cccc2c(CCSC[C@H](O)COc3ccccc3)cccc12. The average molecular weight is 413 g/mol. The monoisotopic (exact) mass is 412 g/mol. The maximum absolute atomic E-state index is 10.8. The largest absolute Gasteiger partial charge is 0.491 e. The number of carbonyl (C=O) groups is 1. The van der Waals surface area contributed by atoms with Gasteiger partial charge in [-0.15, -0.1) is 0 Å². The number of aryl methyl sites for hydroxylation is 1. The van der Waals surface area contributed by atoms with E-state index in [0.717, 1.165) is 28.7 Å². The molecule has 0 bridgehead atoms. The van der Waals surface area contributed by atoms with Crippen molar-refractivity contribution in [3.8, 4) is 11.5 Å². The molecule has 6 heteroatoms. The highest BCUT2D eigenvalue weighted by Gasteiger charge is 2.09. The molecule has 0 aliphatic rings. The third kappa shape index (κ3) is 6.41. The number of carboxylic acid groups (broad SMARTS) is 1. The highest BCUT2D eigenvalue weighted by atomic mass is 32.2. The topological polar surface area (TPSA) is 76.0 Å². The van der Waals surface area contributed by atoms with Gasteiger partial charge in [-0.25, -0.2) is 4.79 Å². The summed E-state index contributed by atoms with van der Waals surface area (Å²) in [5, 5.41) is 20.9. The second-order valence-corrected chi connectivity index (χ2v) is 7.70. The molecule has 0 aliphatic heterocycles. The van der Waals surface area contributed by atoms with Crippen molar-refractivity contribution in [2.24, 2.45) is 0 Å². The summed E-state index contributed by atoms with van der Waals surface area (Å²) in [5.74, 6) is 1.80. The number of para-hydroxylation sites is 1. The molecule has 152 valence electrons. The molecule has 5 nitrogen and oxygen atoms in total. The van der Waals surface area contributed by atoms with Crippen molar-refractivity contribution in [1.82, 2.24) is 0 Å². The molecule has 0 unspecified atom stereocenters. The molecule has 0 heterocycles. The van der Waals surface area contributed by atoms with Gasteiger partial charge in [-0.3, -0.25) is 0 Å². The number of benzene rings is 3. The zero-order chi connectivity index (χ0) is 20.5. The molecule has 0 saturated carbocycles. The number of hydrogen-bond donors (Lipinski definition) is 2. The van der Waals surface area contributed by atoms with E-state index in [0.29, 0.717) is 11.5 Å². The van der Waals surface area contributed by atoms with Crippen LogP contribution in [0.5, 0.6) is 11.5 Å². The summed E-state index contributed by atoms with van der Waals surface area (Å²) in [4.78, 5) is 10.8.